The van der Waals surface area contributed by atoms with Gasteiger partial charge in [0.05, 0.1) is 37.3 Å². The van der Waals surface area contributed by atoms with Crippen LogP contribution in [0.25, 0.3) is 0 Å². The molecule has 116 valence electrons. The smallest absolute Gasteiger partial charge is 0.0958 e. The molecule has 2 aliphatic heterocycles. The molecule has 8 heteroatoms. The summed E-state index contributed by atoms with van der Waals surface area (Å²) in [5.41, 5.74) is 0. The Bertz CT molecular complexity index is 347. The van der Waals surface area contributed by atoms with Crippen LogP contribution in [0.5, 0.6) is 0 Å². The average Bonchev–Trinajstić information content (AvgIpc) is 3.01. The van der Waals surface area contributed by atoms with Crippen molar-refractivity contribution in [3.63, 3.8) is 0 Å². The third-order valence-electron chi connectivity index (χ3n) is 4.94. The van der Waals surface area contributed by atoms with Gasteiger partial charge in [-0.2, -0.15) is 0 Å². The summed E-state index contributed by atoms with van der Waals surface area (Å²) in [6.07, 6.45) is -0.757. The van der Waals surface area contributed by atoms with Crippen molar-refractivity contribution in [1.82, 2.24) is 26.2 Å². The predicted octanol–water partition coefficient (Wildman–Crippen LogP) is -3.66. The second-order valence-electron chi connectivity index (χ2n) is 5.93. The summed E-state index contributed by atoms with van der Waals surface area (Å²) in [4.78, 5) is 2.17. The number of hydrogen-bond acceptors (Lipinski definition) is 8. The molecule has 3 unspecified atom stereocenters. The van der Waals surface area contributed by atoms with Crippen molar-refractivity contribution in [3.8, 4) is 0 Å². The van der Waals surface area contributed by atoms with E-state index >= 15 is 0 Å². The number of rotatable bonds is 3. The molecule has 0 aromatic carbocycles. The molecular formula is C12H25N5O3. The number of likely N-dealkylation sites (N-methyl/N-ethyl adjacent to an activating group) is 1. The largest absolute Gasteiger partial charge is 0.396 e. The van der Waals surface area contributed by atoms with E-state index in [9.17, 15) is 15.3 Å². The normalized spacial score (nSPS) is 49.5. The summed E-state index contributed by atoms with van der Waals surface area (Å²) in [5.74, 6) is -0.240. The molecule has 0 aromatic rings. The summed E-state index contributed by atoms with van der Waals surface area (Å²) in [6, 6.07) is 0.0685. The van der Waals surface area contributed by atoms with E-state index in [1.165, 1.54) is 0 Å². The van der Waals surface area contributed by atoms with Gasteiger partial charge >= 0.3 is 0 Å². The average molecular weight is 287 g/mol. The first kappa shape index (κ1) is 14.6. The van der Waals surface area contributed by atoms with Gasteiger partial charge in [0.1, 0.15) is 0 Å². The van der Waals surface area contributed by atoms with Crippen LogP contribution in [0, 0.1) is 5.92 Å². The van der Waals surface area contributed by atoms with Gasteiger partial charge in [-0.25, -0.2) is 0 Å². The van der Waals surface area contributed by atoms with Gasteiger partial charge in [0.25, 0.3) is 0 Å². The molecule has 3 aliphatic rings. The van der Waals surface area contributed by atoms with Crippen LogP contribution >= 0.6 is 0 Å². The first-order valence-electron chi connectivity index (χ1n) is 7.27. The molecule has 3 fully saturated rings. The van der Waals surface area contributed by atoms with E-state index in [1.807, 2.05) is 7.05 Å². The van der Waals surface area contributed by atoms with Crippen LogP contribution in [-0.2, 0) is 0 Å². The van der Waals surface area contributed by atoms with Crippen LogP contribution in [0.4, 0.5) is 0 Å². The maximum absolute atomic E-state index is 10.2. The van der Waals surface area contributed by atoms with Gasteiger partial charge in [-0.1, -0.05) is 0 Å². The lowest BCUT2D eigenvalue weighted by molar-refractivity contribution is -0.0252. The summed E-state index contributed by atoms with van der Waals surface area (Å²) < 4.78 is 0. The first-order valence-corrected chi connectivity index (χ1v) is 7.27. The zero-order valence-corrected chi connectivity index (χ0v) is 11.7. The highest BCUT2D eigenvalue weighted by atomic mass is 16.3. The molecule has 20 heavy (non-hydrogen) atoms. The molecule has 7 N–H and O–H groups in total. The molecule has 1 aliphatic carbocycles. The molecular weight excluding hydrogens is 262 g/mol. The second-order valence-corrected chi connectivity index (χ2v) is 5.93. The van der Waals surface area contributed by atoms with Gasteiger partial charge in [-0.15, -0.1) is 0 Å². The Hall–Kier alpha value is -0.320. The Labute approximate surface area is 118 Å². The van der Waals surface area contributed by atoms with Crippen molar-refractivity contribution >= 4 is 0 Å². The molecule has 2 heterocycles. The fourth-order valence-electron chi connectivity index (χ4n) is 3.79. The van der Waals surface area contributed by atoms with Crippen molar-refractivity contribution in [2.75, 3.05) is 27.0 Å². The number of nitrogens with zero attached hydrogens (tertiary/aromatic N) is 1. The number of nitrogens with one attached hydrogen (secondary N) is 4. The lowest BCUT2D eigenvalue weighted by atomic mass is 10.1. The van der Waals surface area contributed by atoms with E-state index in [-0.39, 0.29) is 36.9 Å². The monoisotopic (exact) mass is 287 g/mol. The van der Waals surface area contributed by atoms with E-state index < -0.39 is 12.2 Å². The molecule has 0 bridgehead atoms. The highest BCUT2D eigenvalue weighted by Crippen LogP contribution is 2.32. The van der Waals surface area contributed by atoms with Crippen molar-refractivity contribution in [3.05, 3.63) is 0 Å². The minimum atomic E-state index is -0.842. The lowest BCUT2D eigenvalue weighted by Gasteiger charge is -2.40. The maximum atomic E-state index is 10.2. The lowest BCUT2D eigenvalue weighted by Crippen LogP contribution is -2.68. The first-order chi connectivity index (χ1) is 9.67. The molecule has 1 saturated carbocycles. The van der Waals surface area contributed by atoms with E-state index in [4.69, 9.17) is 0 Å². The summed E-state index contributed by atoms with van der Waals surface area (Å²) in [7, 11) is 1.92. The van der Waals surface area contributed by atoms with Crippen LogP contribution in [0.1, 0.15) is 6.42 Å². The molecule has 2 saturated heterocycles. The SMILES string of the molecule is CNC1NCNC2C1NCN2[C@@H]1C[C@H](CO)[C@H](O)[C@@H]1O. The third kappa shape index (κ3) is 2.26. The van der Waals surface area contributed by atoms with Crippen LogP contribution < -0.4 is 21.3 Å². The number of aliphatic hydroxyl groups excluding tert-OH is 3. The molecule has 0 aromatic heterocycles. The molecule has 0 radical (unpaired) electrons. The highest BCUT2D eigenvalue weighted by Gasteiger charge is 2.50. The Morgan fingerprint density at radius 2 is 2.00 bits per heavy atom. The van der Waals surface area contributed by atoms with Crippen molar-refractivity contribution in [2.45, 2.75) is 43.0 Å². The number of hydrogen-bond donors (Lipinski definition) is 7. The summed E-state index contributed by atoms with van der Waals surface area (Å²) in [6.45, 7) is 1.27. The minimum absolute atomic E-state index is 0.0851. The van der Waals surface area contributed by atoms with Gasteiger partial charge in [0, 0.05) is 25.2 Å². The number of fused-ring (bicyclic) bond motifs is 1. The van der Waals surface area contributed by atoms with E-state index in [0.29, 0.717) is 19.8 Å². The van der Waals surface area contributed by atoms with Gasteiger partial charge < -0.3 is 20.6 Å². The fraction of sp³-hybridized carbons (Fsp3) is 1.00. The molecule has 7 atom stereocenters. The predicted molar refractivity (Wildman–Crippen MR) is 72.4 cm³/mol. The molecule has 8 nitrogen and oxygen atoms in total. The molecule has 3 rings (SSSR count). The third-order valence-corrected chi connectivity index (χ3v) is 4.94. The Morgan fingerprint density at radius 1 is 1.20 bits per heavy atom. The van der Waals surface area contributed by atoms with Crippen LogP contribution in [0.3, 0.4) is 0 Å². The van der Waals surface area contributed by atoms with Gasteiger partial charge in [0.2, 0.25) is 0 Å². The van der Waals surface area contributed by atoms with Crippen LogP contribution in [0.2, 0.25) is 0 Å². The Balaban J connectivity index is 1.72. The van der Waals surface area contributed by atoms with E-state index in [0.717, 1.165) is 0 Å². The standard InChI is InChI=1S/C12H25N5O3/c1-13-11-8-12(15-4-14-11)17(5-16-8)7-2-6(3-18)9(19)10(7)20/h6-16,18-20H,2-5H2,1H3/t6-,7-,8?,9+,10-,11?,12?/m1/s1. The van der Waals surface area contributed by atoms with Crippen LogP contribution in [0.15, 0.2) is 0 Å². The summed E-state index contributed by atoms with van der Waals surface area (Å²) >= 11 is 0. The van der Waals surface area contributed by atoms with Crippen molar-refractivity contribution in [1.29, 1.82) is 0 Å². The maximum Gasteiger partial charge on any atom is 0.0958 e. The van der Waals surface area contributed by atoms with Gasteiger partial charge in [0.15, 0.2) is 0 Å². The Morgan fingerprint density at radius 3 is 2.65 bits per heavy atom. The fourth-order valence-corrected chi connectivity index (χ4v) is 3.79. The molecule has 0 amide bonds. The van der Waals surface area contributed by atoms with Crippen LogP contribution in [-0.4, -0.2) is 83.8 Å². The van der Waals surface area contributed by atoms with Gasteiger partial charge in [-0.3, -0.25) is 20.9 Å². The number of aliphatic hydroxyl groups is 3. The molecule has 0 spiro atoms. The van der Waals surface area contributed by atoms with Crippen molar-refractivity contribution in [2.24, 2.45) is 5.92 Å². The van der Waals surface area contributed by atoms with Gasteiger partial charge in [-0.05, 0) is 13.5 Å². The van der Waals surface area contributed by atoms with E-state index in [2.05, 4.69) is 26.2 Å². The highest BCUT2D eigenvalue weighted by molar-refractivity contribution is 5.04. The van der Waals surface area contributed by atoms with Crippen molar-refractivity contribution < 1.29 is 15.3 Å². The second kappa shape index (κ2) is 5.82. The quantitative estimate of drug-likeness (QED) is 0.284. The zero-order chi connectivity index (χ0) is 14.3. The summed E-state index contributed by atoms with van der Waals surface area (Å²) in [5, 5.41) is 42.9. The van der Waals surface area contributed by atoms with E-state index in [1.54, 1.807) is 0 Å². The Kier molecular flexibility index (Phi) is 4.25. The minimum Gasteiger partial charge on any atom is -0.396 e. The topological polar surface area (TPSA) is 112 Å². The zero-order valence-electron chi connectivity index (χ0n) is 11.7.